The highest BCUT2D eigenvalue weighted by atomic mass is 35.5. The molecule has 2 heterocycles. The summed E-state index contributed by atoms with van der Waals surface area (Å²) in [5.41, 5.74) is 1.90. The van der Waals surface area contributed by atoms with Crippen LogP contribution in [0.25, 0.3) is 0 Å². The fourth-order valence-electron chi connectivity index (χ4n) is 2.44. The first-order valence-electron chi connectivity index (χ1n) is 7.74. The van der Waals surface area contributed by atoms with Crippen molar-refractivity contribution >= 4 is 34.9 Å². The summed E-state index contributed by atoms with van der Waals surface area (Å²) in [6.45, 7) is 0.446. The number of rotatable bonds is 6. The van der Waals surface area contributed by atoms with Gasteiger partial charge in [-0.1, -0.05) is 29.3 Å². The van der Waals surface area contributed by atoms with Gasteiger partial charge in [-0.15, -0.1) is 0 Å². The summed E-state index contributed by atoms with van der Waals surface area (Å²) in [7, 11) is 1.85. The standard InChI is InChI=1S/C17H17Cl2N5O/c1-23-10-12(9-21-23)2-5-17(25)22-16-6-7-20-24(16)11-13-3-4-14(18)8-15(13)19/h3-4,6-10H,2,5,11H2,1H3,(H,22,25). The van der Waals surface area contributed by atoms with Gasteiger partial charge >= 0.3 is 0 Å². The largest absolute Gasteiger partial charge is 0.311 e. The first-order chi connectivity index (χ1) is 12.0. The zero-order valence-corrected chi connectivity index (χ0v) is 15.1. The Morgan fingerprint density at radius 3 is 2.80 bits per heavy atom. The summed E-state index contributed by atoms with van der Waals surface area (Å²) in [5, 5.41) is 12.4. The average Bonchev–Trinajstić information content (AvgIpc) is 3.17. The SMILES string of the molecule is Cn1cc(CCC(=O)Nc2ccnn2Cc2ccc(Cl)cc2Cl)cn1. The van der Waals surface area contributed by atoms with Gasteiger partial charge in [0.15, 0.2) is 0 Å². The van der Waals surface area contributed by atoms with Crippen LogP contribution in [0.1, 0.15) is 17.5 Å². The number of benzene rings is 1. The lowest BCUT2D eigenvalue weighted by Gasteiger charge is -2.10. The highest BCUT2D eigenvalue weighted by Gasteiger charge is 2.10. The maximum absolute atomic E-state index is 12.2. The Morgan fingerprint density at radius 2 is 2.08 bits per heavy atom. The maximum Gasteiger partial charge on any atom is 0.225 e. The van der Waals surface area contributed by atoms with E-state index in [4.69, 9.17) is 23.2 Å². The highest BCUT2D eigenvalue weighted by Crippen LogP contribution is 2.22. The van der Waals surface area contributed by atoms with E-state index >= 15 is 0 Å². The average molecular weight is 378 g/mol. The van der Waals surface area contributed by atoms with Crippen molar-refractivity contribution in [3.05, 3.63) is 64.0 Å². The van der Waals surface area contributed by atoms with Crippen LogP contribution in [-0.4, -0.2) is 25.5 Å². The molecule has 6 nitrogen and oxygen atoms in total. The normalized spacial score (nSPS) is 10.8. The molecule has 25 heavy (non-hydrogen) atoms. The zero-order valence-electron chi connectivity index (χ0n) is 13.6. The number of aryl methyl sites for hydroxylation is 2. The number of hydrogen-bond acceptors (Lipinski definition) is 3. The van der Waals surface area contributed by atoms with E-state index in [1.54, 1.807) is 40.0 Å². The molecule has 0 saturated carbocycles. The molecule has 130 valence electrons. The number of nitrogens with one attached hydrogen (secondary N) is 1. The van der Waals surface area contributed by atoms with Gasteiger partial charge in [0.2, 0.25) is 5.91 Å². The quantitative estimate of drug-likeness (QED) is 0.714. The molecule has 0 bridgehead atoms. The predicted molar refractivity (Wildman–Crippen MR) is 97.9 cm³/mol. The van der Waals surface area contributed by atoms with E-state index < -0.39 is 0 Å². The van der Waals surface area contributed by atoms with Gasteiger partial charge in [0, 0.05) is 35.8 Å². The van der Waals surface area contributed by atoms with E-state index in [2.05, 4.69) is 15.5 Å². The van der Waals surface area contributed by atoms with Gasteiger partial charge in [-0.2, -0.15) is 10.2 Å². The molecule has 0 aliphatic carbocycles. The van der Waals surface area contributed by atoms with Crippen LogP contribution in [0.2, 0.25) is 10.0 Å². The van der Waals surface area contributed by atoms with E-state index in [0.717, 1.165) is 11.1 Å². The fraction of sp³-hybridized carbons (Fsp3) is 0.235. The topological polar surface area (TPSA) is 64.7 Å². The van der Waals surface area contributed by atoms with Gasteiger partial charge in [-0.3, -0.25) is 9.48 Å². The number of aromatic nitrogens is 4. The number of hydrogen-bond donors (Lipinski definition) is 1. The smallest absolute Gasteiger partial charge is 0.225 e. The lowest BCUT2D eigenvalue weighted by molar-refractivity contribution is -0.116. The Labute approximate surface area is 155 Å². The van der Waals surface area contributed by atoms with E-state index in [1.807, 2.05) is 19.3 Å². The van der Waals surface area contributed by atoms with Gasteiger partial charge in [-0.25, -0.2) is 4.68 Å². The Kier molecular flexibility index (Phi) is 5.40. The summed E-state index contributed by atoms with van der Waals surface area (Å²) in [4.78, 5) is 12.2. The first-order valence-corrected chi connectivity index (χ1v) is 8.50. The highest BCUT2D eigenvalue weighted by molar-refractivity contribution is 6.35. The second-order valence-electron chi connectivity index (χ2n) is 5.68. The molecule has 1 N–H and O–H groups in total. The van der Waals surface area contributed by atoms with Gasteiger partial charge in [0.25, 0.3) is 0 Å². The van der Waals surface area contributed by atoms with E-state index in [1.165, 1.54) is 0 Å². The van der Waals surface area contributed by atoms with Gasteiger partial charge in [0.1, 0.15) is 5.82 Å². The number of nitrogens with zero attached hydrogens (tertiary/aromatic N) is 4. The summed E-state index contributed by atoms with van der Waals surface area (Å²) >= 11 is 12.1. The summed E-state index contributed by atoms with van der Waals surface area (Å²) < 4.78 is 3.41. The van der Waals surface area contributed by atoms with Crippen molar-refractivity contribution in [3.63, 3.8) is 0 Å². The molecule has 0 saturated heterocycles. The van der Waals surface area contributed by atoms with Crippen LogP contribution in [0.4, 0.5) is 5.82 Å². The van der Waals surface area contributed by atoms with Crippen molar-refractivity contribution in [2.45, 2.75) is 19.4 Å². The maximum atomic E-state index is 12.2. The number of amides is 1. The number of halogens is 2. The lowest BCUT2D eigenvalue weighted by atomic mass is 10.2. The molecule has 3 rings (SSSR count). The van der Waals surface area contributed by atoms with Gasteiger partial charge < -0.3 is 5.32 Å². The van der Waals surface area contributed by atoms with Crippen molar-refractivity contribution in [3.8, 4) is 0 Å². The molecular weight excluding hydrogens is 361 g/mol. The van der Waals surface area contributed by atoms with Crippen LogP contribution < -0.4 is 5.32 Å². The van der Waals surface area contributed by atoms with E-state index in [-0.39, 0.29) is 5.91 Å². The molecular formula is C17H17Cl2N5O. The molecule has 0 fully saturated rings. The second-order valence-corrected chi connectivity index (χ2v) is 6.52. The monoisotopic (exact) mass is 377 g/mol. The van der Waals surface area contributed by atoms with Crippen LogP contribution >= 0.6 is 23.2 Å². The number of anilines is 1. The van der Waals surface area contributed by atoms with E-state index in [0.29, 0.717) is 35.2 Å². The Hall–Kier alpha value is -2.31. The van der Waals surface area contributed by atoms with Crippen LogP contribution in [0.5, 0.6) is 0 Å². The predicted octanol–water partition coefficient (Wildman–Crippen LogP) is 3.54. The van der Waals surface area contributed by atoms with Crippen molar-refractivity contribution < 1.29 is 4.79 Å². The van der Waals surface area contributed by atoms with Crippen LogP contribution in [-0.2, 0) is 24.8 Å². The first kappa shape index (κ1) is 17.5. The molecule has 2 aromatic heterocycles. The Bertz CT molecular complexity index is 887. The minimum Gasteiger partial charge on any atom is -0.311 e. The van der Waals surface area contributed by atoms with E-state index in [9.17, 15) is 4.79 Å². The number of carbonyl (C=O) groups is 1. The van der Waals surface area contributed by atoms with Crippen LogP contribution in [0.3, 0.4) is 0 Å². The molecule has 0 spiro atoms. The molecule has 3 aromatic rings. The molecule has 0 atom stereocenters. The summed E-state index contributed by atoms with van der Waals surface area (Å²) in [5.74, 6) is 0.551. The molecule has 8 heteroatoms. The third-order valence-electron chi connectivity index (χ3n) is 3.72. The van der Waals surface area contributed by atoms with Gasteiger partial charge in [0.05, 0.1) is 18.9 Å². The molecule has 1 aromatic carbocycles. The zero-order chi connectivity index (χ0) is 17.8. The molecule has 1 amide bonds. The molecule has 0 aliphatic rings. The minimum absolute atomic E-state index is 0.0761. The Morgan fingerprint density at radius 1 is 1.24 bits per heavy atom. The fourth-order valence-corrected chi connectivity index (χ4v) is 2.91. The van der Waals surface area contributed by atoms with Crippen molar-refractivity contribution in [2.75, 3.05) is 5.32 Å². The molecule has 0 unspecified atom stereocenters. The summed E-state index contributed by atoms with van der Waals surface area (Å²) in [6.07, 6.45) is 6.32. The third kappa shape index (κ3) is 4.61. The second kappa shape index (κ2) is 7.72. The summed E-state index contributed by atoms with van der Waals surface area (Å²) in [6, 6.07) is 7.07. The lowest BCUT2D eigenvalue weighted by Crippen LogP contribution is -2.16. The molecule has 0 radical (unpaired) electrons. The van der Waals surface area contributed by atoms with Gasteiger partial charge in [-0.05, 0) is 29.7 Å². The molecule has 0 aliphatic heterocycles. The van der Waals surface area contributed by atoms with Crippen molar-refractivity contribution in [2.24, 2.45) is 7.05 Å². The number of carbonyl (C=O) groups excluding carboxylic acids is 1. The van der Waals surface area contributed by atoms with Crippen LogP contribution in [0.15, 0.2) is 42.9 Å². The Balaban J connectivity index is 1.62. The van der Waals surface area contributed by atoms with Crippen molar-refractivity contribution in [1.29, 1.82) is 0 Å². The minimum atomic E-state index is -0.0761. The van der Waals surface area contributed by atoms with Crippen LogP contribution in [0, 0.1) is 0 Å². The third-order valence-corrected chi connectivity index (χ3v) is 4.31. The van der Waals surface area contributed by atoms with Crippen molar-refractivity contribution in [1.82, 2.24) is 19.6 Å².